The van der Waals surface area contributed by atoms with E-state index in [2.05, 4.69) is 6.92 Å². The highest BCUT2D eigenvalue weighted by Gasteiger charge is 2.15. The summed E-state index contributed by atoms with van der Waals surface area (Å²) in [7, 11) is 0. The molecule has 0 aromatic heterocycles. The second kappa shape index (κ2) is 6.68. The normalized spacial score (nSPS) is 25.8. The van der Waals surface area contributed by atoms with Crippen molar-refractivity contribution in [3.63, 3.8) is 0 Å². The third-order valence-electron chi connectivity index (χ3n) is 2.36. The van der Waals surface area contributed by atoms with Crippen LogP contribution in [0.3, 0.4) is 0 Å². The molecule has 0 radical (unpaired) electrons. The summed E-state index contributed by atoms with van der Waals surface area (Å²) < 4.78 is 5.40. The van der Waals surface area contributed by atoms with Crippen LogP contribution in [0.5, 0.6) is 0 Å². The lowest BCUT2D eigenvalue weighted by Gasteiger charge is -2.22. The summed E-state index contributed by atoms with van der Waals surface area (Å²) in [5, 5.41) is 9.44. The van der Waals surface area contributed by atoms with E-state index in [4.69, 9.17) is 9.84 Å². The molecule has 1 aliphatic heterocycles. The molecular weight excluding hydrogens is 184 g/mol. The Kier molecular flexibility index (Phi) is 5.83. The van der Waals surface area contributed by atoms with Crippen LogP contribution in [0.4, 0.5) is 0 Å². The fourth-order valence-corrected chi connectivity index (χ4v) is 2.74. The molecule has 0 spiro atoms. The lowest BCUT2D eigenvalue weighted by molar-refractivity contribution is 0.101. The van der Waals surface area contributed by atoms with Crippen LogP contribution in [0.25, 0.3) is 0 Å². The van der Waals surface area contributed by atoms with Crippen molar-refractivity contribution in [2.45, 2.75) is 31.4 Å². The fraction of sp³-hybridized carbons (Fsp3) is 1.00. The quantitative estimate of drug-likeness (QED) is 0.742. The topological polar surface area (TPSA) is 29.5 Å². The summed E-state index contributed by atoms with van der Waals surface area (Å²) in [6.45, 7) is 4.40. The number of hydrogen-bond donors (Lipinski definition) is 1. The first kappa shape index (κ1) is 11.3. The first-order valence-electron chi connectivity index (χ1n) is 5.13. The SMILES string of the molecule is CC(CCO)CSC1CCCOC1. The highest BCUT2D eigenvalue weighted by Crippen LogP contribution is 2.23. The van der Waals surface area contributed by atoms with Crippen LogP contribution in [0, 0.1) is 5.92 Å². The second-order valence-corrected chi connectivity index (χ2v) is 5.12. The summed E-state index contributed by atoms with van der Waals surface area (Å²) in [6, 6.07) is 0. The zero-order valence-electron chi connectivity index (χ0n) is 8.37. The van der Waals surface area contributed by atoms with Gasteiger partial charge in [0.1, 0.15) is 0 Å². The number of aliphatic hydroxyl groups is 1. The molecule has 2 unspecified atom stereocenters. The van der Waals surface area contributed by atoms with Gasteiger partial charge in [-0.3, -0.25) is 0 Å². The Morgan fingerprint density at radius 1 is 1.62 bits per heavy atom. The molecule has 1 saturated heterocycles. The molecule has 2 atom stereocenters. The summed E-state index contributed by atoms with van der Waals surface area (Å²) >= 11 is 2.01. The zero-order chi connectivity index (χ0) is 9.52. The van der Waals surface area contributed by atoms with E-state index in [1.54, 1.807) is 0 Å². The highest BCUT2D eigenvalue weighted by molar-refractivity contribution is 7.99. The maximum absolute atomic E-state index is 8.74. The van der Waals surface area contributed by atoms with Crippen molar-refractivity contribution in [2.24, 2.45) is 5.92 Å². The van der Waals surface area contributed by atoms with E-state index >= 15 is 0 Å². The molecule has 0 bridgehead atoms. The largest absolute Gasteiger partial charge is 0.396 e. The van der Waals surface area contributed by atoms with Gasteiger partial charge < -0.3 is 9.84 Å². The molecule has 78 valence electrons. The minimum atomic E-state index is 0.322. The summed E-state index contributed by atoms with van der Waals surface area (Å²) in [5.41, 5.74) is 0. The van der Waals surface area contributed by atoms with Crippen LogP contribution in [0.2, 0.25) is 0 Å². The molecule has 1 N–H and O–H groups in total. The molecule has 2 nitrogen and oxygen atoms in total. The number of thioether (sulfide) groups is 1. The lowest BCUT2D eigenvalue weighted by atomic mass is 10.1. The van der Waals surface area contributed by atoms with E-state index in [0.29, 0.717) is 17.8 Å². The van der Waals surface area contributed by atoms with Crippen LogP contribution in [-0.2, 0) is 4.74 Å². The highest BCUT2D eigenvalue weighted by atomic mass is 32.2. The third kappa shape index (κ3) is 4.89. The molecule has 0 aromatic rings. The third-order valence-corrected chi connectivity index (χ3v) is 3.96. The average molecular weight is 204 g/mol. The maximum Gasteiger partial charge on any atom is 0.0585 e. The van der Waals surface area contributed by atoms with Crippen LogP contribution in [0.15, 0.2) is 0 Å². The molecule has 0 amide bonds. The van der Waals surface area contributed by atoms with Crippen molar-refractivity contribution < 1.29 is 9.84 Å². The summed E-state index contributed by atoms with van der Waals surface area (Å²) in [4.78, 5) is 0. The number of rotatable bonds is 5. The van der Waals surface area contributed by atoms with Crippen molar-refractivity contribution in [3.05, 3.63) is 0 Å². The van der Waals surface area contributed by atoms with Crippen molar-refractivity contribution in [1.29, 1.82) is 0 Å². The lowest BCUT2D eigenvalue weighted by Crippen LogP contribution is -2.20. The van der Waals surface area contributed by atoms with Crippen LogP contribution < -0.4 is 0 Å². The molecule has 0 saturated carbocycles. The smallest absolute Gasteiger partial charge is 0.0585 e. The first-order valence-corrected chi connectivity index (χ1v) is 6.18. The van der Waals surface area contributed by atoms with E-state index < -0.39 is 0 Å². The van der Waals surface area contributed by atoms with Gasteiger partial charge in [0.05, 0.1) is 6.61 Å². The predicted octanol–water partition coefficient (Wildman–Crippen LogP) is 1.92. The van der Waals surface area contributed by atoms with Gasteiger partial charge in [0.15, 0.2) is 0 Å². The van der Waals surface area contributed by atoms with Gasteiger partial charge in [0, 0.05) is 18.5 Å². The molecule has 0 aromatic carbocycles. The average Bonchev–Trinajstić information content (AvgIpc) is 2.17. The molecule has 0 aliphatic carbocycles. The molecular formula is C10H20O2S. The molecule has 1 aliphatic rings. The zero-order valence-corrected chi connectivity index (χ0v) is 9.18. The van der Waals surface area contributed by atoms with E-state index in [1.165, 1.54) is 12.8 Å². The van der Waals surface area contributed by atoms with Gasteiger partial charge >= 0.3 is 0 Å². The van der Waals surface area contributed by atoms with Gasteiger partial charge in [0.2, 0.25) is 0 Å². The van der Waals surface area contributed by atoms with Crippen molar-refractivity contribution in [2.75, 3.05) is 25.6 Å². The van der Waals surface area contributed by atoms with Gasteiger partial charge in [0.25, 0.3) is 0 Å². The maximum atomic E-state index is 8.74. The standard InChI is InChI=1S/C10H20O2S/c1-9(4-5-11)8-13-10-3-2-6-12-7-10/h9-11H,2-8H2,1H3. The first-order chi connectivity index (χ1) is 6.33. The monoisotopic (exact) mass is 204 g/mol. The minimum absolute atomic E-state index is 0.322. The van der Waals surface area contributed by atoms with Gasteiger partial charge in [-0.2, -0.15) is 11.8 Å². The summed E-state index contributed by atoms with van der Waals surface area (Å²) in [5.74, 6) is 1.80. The number of hydrogen-bond acceptors (Lipinski definition) is 3. The van der Waals surface area contributed by atoms with Gasteiger partial charge in [-0.25, -0.2) is 0 Å². The minimum Gasteiger partial charge on any atom is -0.396 e. The van der Waals surface area contributed by atoms with Gasteiger partial charge in [-0.15, -0.1) is 0 Å². The summed E-state index contributed by atoms with van der Waals surface area (Å²) in [6.07, 6.45) is 3.45. The Bertz CT molecular complexity index is 124. The van der Waals surface area contributed by atoms with E-state index in [-0.39, 0.29) is 0 Å². The Labute approximate surface area is 85.0 Å². The van der Waals surface area contributed by atoms with Gasteiger partial charge in [-0.05, 0) is 30.9 Å². The van der Waals surface area contributed by atoms with Crippen LogP contribution in [-0.4, -0.2) is 35.9 Å². The molecule has 1 heterocycles. The van der Waals surface area contributed by atoms with E-state index in [1.807, 2.05) is 11.8 Å². The number of ether oxygens (including phenoxy) is 1. The Morgan fingerprint density at radius 3 is 3.08 bits per heavy atom. The van der Waals surface area contributed by atoms with E-state index in [0.717, 1.165) is 25.4 Å². The van der Waals surface area contributed by atoms with Crippen LogP contribution >= 0.6 is 11.8 Å². The molecule has 13 heavy (non-hydrogen) atoms. The molecule has 1 fully saturated rings. The Hall–Kier alpha value is 0.270. The van der Waals surface area contributed by atoms with Crippen molar-refractivity contribution >= 4 is 11.8 Å². The van der Waals surface area contributed by atoms with Gasteiger partial charge in [-0.1, -0.05) is 6.92 Å². The van der Waals surface area contributed by atoms with Crippen molar-refractivity contribution in [1.82, 2.24) is 0 Å². The van der Waals surface area contributed by atoms with Crippen LogP contribution in [0.1, 0.15) is 26.2 Å². The predicted molar refractivity (Wildman–Crippen MR) is 57.2 cm³/mol. The fourth-order valence-electron chi connectivity index (χ4n) is 1.45. The Morgan fingerprint density at radius 2 is 2.46 bits per heavy atom. The number of aliphatic hydroxyl groups excluding tert-OH is 1. The molecule has 3 heteroatoms. The molecule has 1 rings (SSSR count). The van der Waals surface area contributed by atoms with Crippen molar-refractivity contribution in [3.8, 4) is 0 Å². The van der Waals surface area contributed by atoms with E-state index in [9.17, 15) is 0 Å². The Balaban J connectivity index is 2.03. The second-order valence-electron chi connectivity index (χ2n) is 3.79.